The molecule has 4 heteroatoms. The van der Waals surface area contributed by atoms with Gasteiger partial charge in [0.1, 0.15) is 11.2 Å². The van der Waals surface area contributed by atoms with Crippen molar-refractivity contribution in [1.29, 1.82) is 0 Å². The van der Waals surface area contributed by atoms with Crippen molar-refractivity contribution < 1.29 is 4.42 Å². The first-order valence-electron chi connectivity index (χ1n) is 5.36. The van der Waals surface area contributed by atoms with Crippen molar-refractivity contribution in [3.63, 3.8) is 0 Å². The summed E-state index contributed by atoms with van der Waals surface area (Å²) in [6, 6.07) is 7.87. The Morgan fingerprint density at radius 2 is 2.06 bits per heavy atom. The third-order valence-electron chi connectivity index (χ3n) is 2.86. The fourth-order valence-corrected chi connectivity index (χ4v) is 2.13. The van der Waals surface area contributed by atoms with Crippen LogP contribution >= 0.6 is 15.9 Å². The number of aryl methyl sites for hydroxylation is 2. The van der Waals surface area contributed by atoms with Crippen LogP contribution in [0.4, 0.5) is 0 Å². The van der Waals surface area contributed by atoms with Crippen LogP contribution in [0.2, 0.25) is 0 Å². The molecule has 0 spiro atoms. The molecule has 0 aliphatic heterocycles. The van der Waals surface area contributed by atoms with E-state index in [1.807, 2.05) is 25.1 Å². The molecule has 0 bridgehead atoms. The van der Waals surface area contributed by atoms with Gasteiger partial charge in [0, 0.05) is 10.2 Å². The summed E-state index contributed by atoms with van der Waals surface area (Å²) in [6.07, 6.45) is 0. The summed E-state index contributed by atoms with van der Waals surface area (Å²) >= 11 is 3.42. The molecule has 0 radical (unpaired) electrons. The van der Waals surface area contributed by atoms with Gasteiger partial charge >= 0.3 is 0 Å². The van der Waals surface area contributed by atoms with E-state index in [1.54, 1.807) is 0 Å². The zero-order valence-electron chi connectivity index (χ0n) is 9.54. The lowest BCUT2D eigenvalue weighted by Gasteiger charge is -1.88. The number of hydrogen-bond acceptors (Lipinski definition) is 2. The van der Waals surface area contributed by atoms with Crippen LogP contribution in [0, 0.1) is 13.8 Å². The van der Waals surface area contributed by atoms with Crippen molar-refractivity contribution in [1.82, 2.24) is 9.97 Å². The maximum absolute atomic E-state index is 5.73. The SMILES string of the molecule is Cc1cc(-c2nc3ccc(Br)cc3o2)[nH]c1C. The summed E-state index contributed by atoms with van der Waals surface area (Å²) < 4.78 is 6.72. The van der Waals surface area contributed by atoms with E-state index in [2.05, 4.69) is 38.9 Å². The number of aromatic amines is 1. The molecule has 2 heterocycles. The van der Waals surface area contributed by atoms with Crippen LogP contribution < -0.4 is 0 Å². The smallest absolute Gasteiger partial charge is 0.244 e. The van der Waals surface area contributed by atoms with Crippen LogP contribution in [0.25, 0.3) is 22.7 Å². The minimum absolute atomic E-state index is 0.634. The topological polar surface area (TPSA) is 41.8 Å². The minimum atomic E-state index is 0.634. The van der Waals surface area contributed by atoms with Gasteiger partial charge in [0.05, 0.1) is 0 Å². The van der Waals surface area contributed by atoms with Crippen LogP contribution in [0.1, 0.15) is 11.3 Å². The van der Waals surface area contributed by atoms with E-state index in [4.69, 9.17) is 4.42 Å². The summed E-state index contributed by atoms with van der Waals surface area (Å²) in [5.41, 5.74) is 4.94. The molecule has 0 amide bonds. The molecule has 3 nitrogen and oxygen atoms in total. The van der Waals surface area contributed by atoms with Crippen molar-refractivity contribution in [2.45, 2.75) is 13.8 Å². The molecule has 2 aromatic heterocycles. The maximum Gasteiger partial charge on any atom is 0.244 e. The molecule has 1 N–H and O–H groups in total. The van der Waals surface area contributed by atoms with Crippen LogP contribution in [-0.4, -0.2) is 9.97 Å². The first kappa shape index (κ1) is 10.6. The second kappa shape index (κ2) is 3.74. The Morgan fingerprint density at radius 1 is 1.24 bits per heavy atom. The number of oxazole rings is 1. The monoisotopic (exact) mass is 290 g/mol. The van der Waals surface area contributed by atoms with E-state index >= 15 is 0 Å². The lowest BCUT2D eigenvalue weighted by atomic mass is 10.3. The number of H-pyrrole nitrogens is 1. The van der Waals surface area contributed by atoms with E-state index < -0.39 is 0 Å². The molecule has 0 unspecified atom stereocenters. The van der Waals surface area contributed by atoms with E-state index in [-0.39, 0.29) is 0 Å². The van der Waals surface area contributed by atoms with Crippen molar-refractivity contribution in [2.24, 2.45) is 0 Å². The highest BCUT2D eigenvalue weighted by Gasteiger charge is 2.11. The third-order valence-corrected chi connectivity index (χ3v) is 3.35. The normalized spacial score (nSPS) is 11.2. The summed E-state index contributed by atoms with van der Waals surface area (Å²) in [7, 11) is 0. The van der Waals surface area contributed by atoms with E-state index in [0.717, 1.165) is 27.0 Å². The van der Waals surface area contributed by atoms with Gasteiger partial charge in [-0.2, -0.15) is 0 Å². The molecule has 0 atom stereocenters. The number of benzene rings is 1. The van der Waals surface area contributed by atoms with Crippen LogP contribution in [-0.2, 0) is 0 Å². The van der Waals surface area contributed by atoms with Crippen molar-refractivity contribution in [3.05, 3.63) is 40.0 Å². The Bertz CT molecular complexity index is 677. The lowest BCUT2D eigenvalue weighted by molar-refractivity contribution is 0.617. The molecular weight excluding hydrogens is 280 g/mol. The number of nitrogens with one attached hydrogen (secondary N) is 1. The Kier molecular flexibility index (Phi) is 2.33. The molecule has 86 valence electrons. The summed E-state index contributed by atoms with van der Waals surface area (Å²) in [6.45, 7) is 4.10. The number of rotatable bonds is 1. The molecule has 0 aliphatic carbocycles. The molecule has 1 aromatic carbocycles. The van der Waals surface area contributed by atoms with Gasteiger partial charge in [-0.25, -0.2) is 4.98 Å². The summed E-state index contributed by atoms with van der Waals surface area (Å²) in [5, 5.41) is 0. The number of aromatic nitrogens is 2. The second-order valence-corrected chi connectivity index (χ2v) is 5.04. The summed E-state index contributed by atoms with van der Waals surface area (Å²) in [4.78, 5) is 7.73. The molecule has 0 aliphatic rings. The number of nitrogens with zero attached hydrogens (tertiary/aromatic N) is 1. The van der Waals surface area contributed by atoms with Crippen molar-refractivity contribution in [2.75, 3.05) is 0 Å². The highest BCUT2D eigenvalue weighted by Crippen LogP contribution is 2.26. The average molecular weight is 291 g/mol. The van der Waals surface area contributed by atoms with E-state index in [0.29, 0.717) is 5.89 Å². The van der Waals surface area contributed by atoms with E-state index in [9.17, 15) is 0 Å². The highest BCUT2D eigenvalue weighted by atomic mass is 79.9. The fraction of sp³-hybridized carbons (Fsp3) is 0.154. The molecule has 0 fully saturated rings. The van der Waals surface area contributed by atoms with Crippen LogP contribution in [0.5, 0.6) is 0 Å². The second-order valence-electron chi connectivity index (χ2n) is 4.12. The van der Waals surface area contributed by atoms with Crippen LogP contribution in [0.15, 0.2) is 33.2 Å². The summed E-state index contributed by atoms with van der Waals surface area (Å²) in [5.74, 6) is 0.634. The highest BCUT2D eigenvalue weighted by molar-refractivity contribution is 9.10. The first-order valence-corrected chi connectivity index (χ1v) is 6.15. The predicted molar refractivity (Wildman–Crippen MR) is 71.0 cm³/mol. The minimum Gasteiger partial charge on any atom is -0.435 e. The zero-order chi connectivity index (χ0) is 12.0. The molecule has 17 heavy (non-hydrogen) atoms. The number of hydrogen-bond donors (Lipinski definition) is 1. The Balaban J connectivity index is 2.17. The van der Waals surface area contributed by atoms with Gasteiger partial charge < -0.3 is 9.40 Å². The number of fused-ring (bicyclic) bond motifs is 1. The van der Waals surface area contributed by atoms with Crippen molar-refractivity contribution in [3.8, 4) is 11.6 Å². The maximum atomic E-state index is 5.73. The third kappa shape index (κ3) is 1.78. The van der Waals surface area contributed by atoms with Gasteiger partial charge in [0.15, 0.2) is 5.58 Å². The number of halogens is 1. The van der Waals surface area contributed by atoms with Crippen LogP contribution in [0.3, 0.4) is 0 Å². The Morgan fingerprint density at radius 3 is 2.76 bits per heavy atom. The van der Waals surface area contributed by atoms with Gasteiger partial charge in [-0.1, -0.05) is 15.9 Å². The van der Waals surface area contributed by atoms with Gasteiger partial charge in [0.2, 0.25) is 5.89 Å². The van der Waals surface area contributed by atoms with E-state index in [1.165, 1.54) is 5.56 Å². The molecule has 3 aromatic rings. The Labute approximate surface area is 107 Å². The standard InChI is InChI=1S/C13H11BrN2O/c1-7-5-11(15-8(7)2)13-16-10-4-3-9(14)6-12(10)17-13/h3-6,15H,1-2H3. The van der Waals surface area contributed by atoms with Gasteiger partial charge in [0.25, 0.3) is 0 Å². The van der Waals surface area contributed by atoms with Gasteiger partial charge in [-0.3, -0.25) is 0 Å². The lowest BCUT2D eigenvalue weighted by Crippen LogP contribution is -1.76. The largest absolute Gasteiger partial charge is 0.435 e. The average Bonchev–Trinajstić information content (AvgIpc) is 2.83. The predicted octanol–water partition coefficient (Wildman–Crippen LogP) is 4.20. The quantitative estimate of drug-likeness (QED) is 0.730. The first-order chi connectivity index (χ1) is 8.13. The fourth-order valence-electron chi connectivity index (χ4n) is 1.79. The molecule has 0 saturated heterocycles. The Hall–Kier alpha value is -1.55. The van der Waals surface area contributed by atoms with Gasteiger partial charge in [-0.05, 0) is 43.7 Å². The molecule has 3 rings (SSSR count). The molecular formula is C13H11BrN2O. The van der Waals surface area contributed by atoms with Crippen molar-refractivity contribution >= 4 is 27.0 Å². The van der Waals surface area contributed by atoms with Gasteiger partial charge in [-0.15, -0.1) is 0 Å². The molecule has 0 saturated carbocycles. The zero-order valence-corrected chi connectivity index (χ0v) is 11.1.